The minimum absolute atomic E-state index is 0.251. The van der Waals surface area contributed by atoms with Gasteiger partial charge in [0.15, 0.2) is 6.61 Å². The number of anilines is 1. The molecule has 5 heteroatoms. The summed E-state index contributed by atoms with van der Waals surface area (Å²) in [6, 6.07) is 15.7. The first-order valence-corrected chi connectivity index (χ1v) is 7.60. The van der Waals surface area contributed by atoms with Crippen LogP contribution in [0.1, 0.15) is 28.4 Å². The molecule has 0 N–H and O–H groups in total. The van der Waals surface area contributed by atoms with Crippen LogP contribution >= 0.6 is 0 Å². The van der Waals surface area contributed by atoms with Crippen LogP contribution in [0.2, 0.25) is 0 Å². The number of likely N-dealkylation sites (N-methyl/N-ethyl adjacent to an activating group) is 1. The lowest BCUT2D eigenvalue weighted by Crippen LogP contribution is -2.35. The maximum Gasteiger partial charge on any atom is 0.338 e. The second kappa shape index (κ2) is 7.93. The van der Waals surface area contributed by atoms with Gasteiger partial charge >= 0.3 is 5.97 Å². The second-order valence-corrected chi connectivity index (χ2v) is 5.19. The van der Waals surface area contributed by atoms with Gasteiger partial charge in [-0.15, -0.1) is 0 Å². The predicted octanol–water partition coefficient (Wildman–Crippen LogP) is 3.08. The van der Waals surface area contributed by atoms with Crippen molar-refractivity contribution in [3.8, 4) is 6.07 Å². The summed E-state index contributed by atoms with van der Waals surface area (Å²) in [5, 5.41) is 8.86. The van der Waals surface area contributed by atoms with Crippen LogP contribution in [0.15, 0.2) is 48.5 Å². The molecule has 0 radical (unpaired) electrons. The number of para-hydroxylation sites is 1. The van der Waals surface area contributed by atoms with E-state index in [4.69, 9.17) is 10.00 Å². The Hall–Kier alpha value is -3.13. The molecule has 0 aromatic heterocycles. The monoisotopic (exact) mass is 322 g/mol. The maximum atomic E-state index is 12.4. The lowest BCUT2D eigenvalue weighted by Gasteiger charge is -2.22. The molecule has 0 unspecified atom stereocenters. The van der Waals surface area contributed by atoms with Gasteiger partial charge in [0, 0.05) is 12.2 Å². The van der Waals surface area contributed by atoms with Gasteiger partial charge < -0.3 is 9.64 Å². The molecular formula is C19H18N2O3. The summed E-state index contributed by atoms with van der Waals surface area (Å²) in [5.74, 6) is -0.919. The number of nitrogens with zero attached hydrogens (tertiary/aromatic N) is 2. The third-order valence-electron chi connectivity index (χ3n) is 3.58. The molecule has 0 spiro atoms. The summed E-state index contributed by atoms with van der Waals surface area (Å²) in [6.45, 7) is 3.91. The Morgan fingerprint density at radius 2 is 1.92 bits per heavy atom. The van der Waals surface area contributed by atoms with Gasteiger partial charge in [0.25, 0.3) is 5.91 Å². The Bertz CT molecular complexity index is 793. The second-order valence-electron chi connectivity index (χ2n) is 5.19. The van der Waals surface area contributed by atoms with Crippen LogP contribution in [0.5, 0.6) is 0 Å². The first-order valence-electron chi connectivity index (χ1n) is 7.60. The molecule has 0 atom stereocenters. The van der Waals surface area contributed by atoms with Crippen molar-refractivity contribution in [2.24, 2.45) is 0 Å². The van der Waals surface area contributed by atoms with Crippen LogP contribution < -0.4 is 4.90 Å². The Morgan fingerprint density at radius 1 is 1.17 bits per heavy atom. The molecule has 2 rings (SSSR count). The van der Waals surface area contributed by atoms with Crippen LogP contribution in [0.25, 0.3) is 0 Å². The molecule has 5 nitrogen and oxygen atoms in total. The van der Waals surface area contributed by atoms with Crippen LogP contribution in [0.3, 0.4) is 0 Å². The number of esters is 1. The van der Waals surface area contributed by atoms with Crippen LogP contribution in [0, 0.1) is 18.3 Å². The van der Waals surface area contributed by atoms with Crippen molar-refractivity contribution in [3.63, 3.8) is 0 Å². The molecule has 2 aromatic carbocycles. The van der Waals surface area contributed by atoms with Gasteiger partial charge in [0.05, 0.1) is 17.2 Å². The lowest BCUT2D eigenvalue weighted by molar-refractivity contribution is -0.121. The van der Waals surface area contributed by atoms with Crippen LogP contribution in [-0.4, -0.2) is 25.0 Å². The maximum absolute atomic E-state index is 12.4. The third kappa shape index (κ3) is 3.99. The van der Waals surface area contributed by atoms with E-state index in [-0.39, 0.29) is 18.1 Å². The number of carbonyl (C=O) groups is 2. The van der Waals surface area contributed by atoms with Crippen LogP contribution in [0.4, 0.5) is 5.69 Å². The number of carbonyl (C=O) groups excluding carboxylic acids is 2. The average molecular weight is 322 g/mol. The van der Waals surface area contributed by atoms with E-state index in [0.29, 0.717) is 12.1 Å². The zero-order valence-electron chi connectivity index (χ0n) is 13.7. The van der Waals surface area contributed by atoms with E-state index in [1.54, 1.807) is 23.1 Å². The van der Waals surface area contributed by atoms with Crippen molar-refractivity contribution < 1.29 is 14.3 Å². The molecule has 2 aromatic rings. The van der Waals surface area contributed by atoms with Gasteiger partial charge in [-0.3, -0.25) is 4.79 Å². The topological polar surface area (TPSA) is 70.4 Å². The van der Waals surface area contributed by atoms with E-state index in [2.05, 4.69) is 0 Å². The summed E-state index contributed by atoms with van der Waals surface area (Å²) < 4.78 is 5.09. The van der Waals surface area contributed by atoms with E-state index in [1.165, 1.54) is 6.07 Å². The van der Waals surface area contributed by atoms with Gasteiger partial charge in [-0.1, -0.05) is 24.3 Å². The van der Waals surface area contributed by atoms with E-state index >= 15 is 0 Å². The number of nitriles is 1. The summed E-state index contributed by atoms with van der Waals surface area (Å²) in [7, 11) is 0. The SMILES string of the molecule is CCN(C(=O)COC(=O)c1cccc(C#N)c1)c1ccccc1C. The van der Waals surface area contributed by atoms with E-state index in [0.717, 1.165) is 11.3 Å². The smallest absolute Gasteiger partial charge is 0.338 e. The molecule has 0 bridgehead atoms. The fraction of sp³-hybridized carbons (Fsp3) is 0.211. The summed E-state index contributed by atoms with van der Waals surface area (Å²) >= 11 is 0. The van der Waals surface area contributed by atoms with Crippen molar-refractivity contribution in [2.75, 3.05) is 18.1 Å². The molecule has 24 heavy (non-hydrogen) atoms. The predicted molar refractivity (Wildman–Crippen MR) is 90.6 cm³/mol. The molecule has 0 aliphatic carbocycles. The number of amides is 1. The standard InChI is InChI=1S/C19H18N2O3/c1-3-21(17-10-5-4-7-14(17)2)18(22)13-24-19(23)16-9-6-8-15(11-16)12-20/h4-11H,3,13H2,1-2H3. The number of aryl methyl sites for hydroxylation is 1. The number of hydrogen-bond acceptors (Lipinski definition) is 4. The fourth-order valence-electron chi connectivity index (χ4n) is 2.35. The fourth-order valence-corrected chi connectivity index (χ4v) is 2.35. The van der Waals surface area contributed by atoms with Crippen LogP contribution in [-0.2, 0) is 9.53 Å². The Balaban J connectivity index is 2.05. The Morgan fingerprint density at radius 3 is 2.58 bits per heavy atom. The largest absolute Gasteiger partial charge is 0.452 e. The van der Waals surface area contributed by atoms with Crippen molar-refractivity contribution in [1.82, 2.24) is 0 Å². The van der Waals surface area contributed by atoms with E-state index < -0.39 is 5.97 Å². The molecular weight excluding hydrogens is 304 g/mol. The molecule has 0 heterocycles. The zero-order valence-corrected chi connectivity index (χ0v) is 13.7. The average Bonchev–Trinajstić information content (AvgIpc) is 2.62. The highest BCUT2D eigenvalue weighted by Crippen LogP contribution is 2.19. The number of ether oxygens (including phenoxy) is 1. The lowest BCUT2D eigenvalue weighted by atomic mass is 10.1. The molecule has 0 saturated heterocycles. The number of benzene rings is 2. The van der Waals surface area contributed by atoms with Gasteiger partial charge in [0.2, 0.25) is 0 Å². The Labute approximate surface area is 141 Å². The third-order valence-corrected chi connectivity index (χ3v) is 3.58. The normalized spacial score (nSPS) is 9.88. The molecule has 1 amide bonds. The highest BCUT2D eigenvalue weighted by atomic mass is 16.5. The summed E-state index contributed by atoms with van der Waals surface area (Å²) in [4.78, 5) is 26.0. The molecule has 122 valence electrons. The number of hydrogen-bond donors (Lipinski definition) is 0. The van der Waals surface area contributed by atoms with Gasteiger partial charge in [-0.2, -0.15) is 5.26 Å². The van der Waals surface area contributed by atoms with Gasteiger partial charge in [-0.25, -0.2) is 4.79 Å². The van der Waals surface area contributed by atoms with Gasteiger partial charge in [-0.05, 0) is 43.7 Å². The summed E-state index contributed by atoms with van der Waals surface area (Å²) in [5.41, 5.74) is 2.39. The van der Waals surface area contributed by atoms with Crippen molar-refractivity contribution >= 4 is 17.6 Å². The first kappa shape index (κ1) is 17.2. The Kier molecular flexibility index (Phi) is 5.69. The zero-order chi connectivity index (χ0) is 17.5. The first-order chi connectivity index (χ1) is 11.6. The molecule has 0 aliphatic heterocycles. The molecule has 0 fully saturated rings. The van der Waals surface area contributed by atoms with E-state index in [1.807, 2.05) is 44.2 Å². The van der Waals surface area contributed by atoms with Crippen molar-refractivity contribution in [2.45, 2.75) is 13.8 Å². The van der Waals surface area contributed by atoms with E-state index in [9.17, 15) is 9.59 Å². The van der Waals surface area contributed by atoms with Gasteiger partial charge in [0.1, 0.15) is 0 Å². The quantitative estimate of drug-likeness (QED) is 0.793. The van der Waals surface area contributed by atoms with Crippen molar-refractivity contribution in [1.29, 1.82) is 5.26 Å². The van der Waals surface area contributed by atoms with Crippen molar-refractivity contribution in [3.05, 3.63) is 65.2 Å². The summed E-state index contributed by atoms with van der Waals surface area (Å²) in [6.07, 6.45) is 0. The minimum Gasteiger partial charge on any atom is -0.452 e. The number of rotatable bonds is 5. The highest BCUT2D eigenvalue weighted by Gasteiger charge is 2.18. The highest BCUT2D eigenvalue weighted by molar-refractivity contribution is 5.97. The minimum atomic E-state index is -0.624. The molecule has 0 aliphatic rings. The molecule has 0 saturated carbocycles.